The topological polar surface area (TPSA) is 52.5 Å². The number of aliphatic hydroxyl groups is 2. The average Bonchev–Trinajstić information content (AvgIpc) is 2.41. The number of hydrogen-bond acceptors (Lipinski definition) is 4. The fourth-order valence-electron chi connectivity index (χ4n) is 1.37. The van der Waals surface area contributed by atoms with Crippen LogP contribution < -0.4 is 4.72 Å². The van der Waals surface area contributed by atoms with Crippen molar-refractivity contribution >= 4 is 11.9 Å². The third-order valence-electron chi connectivity index (χ3n) is 3.00. The molecule has 0 aliphatic rings. The Balaban J connectivity index is 2.59. The van der Waals surface area contributed by atoms with Gasteiger partial charge in [0, 0.05) is 4.90 Å². The highest BCUT2D eigenvalue weighted by Crippen LogP contribution is 2.21. The van der Waals surface area contributed by atoms with Gasteiger partial charge in [-0.25, -0.2) is 4.72 Å². The zero-order valence-electron chi connectivity index (χ0n) is 10.4. The van der Waals surface area contributed by atoms with Crippen molar-refractivity contribution in [1.82, 2.24) is 4.72 Å². The van der Waals surface area contributed by atoms with Crippen LogP contribution in [0.1, 0.15) is 25.8 Å². The molecule has 0 heterocycles. The van der Waals surface area contributed by atoms with Gasteiger partial charge < -0.3 is 10.2 Å². The van der Waals surface area contributed by atoms with Crippen LogP contribution >= 0.6 is 11.9 Å². The van der Waals surface area contributed by atoms with Gasteiger partial charge in [0.15, 0.2) is 0 Å². The molecule has 0 spiro atoms. The van der Waals surface area contributed by atoms with Crippen molar-refractivity contribution in [2.24, 2.45) is 0 Å². The van der Waals surface area contributed by atoms with Crippen molar-refractivity contribution in [2.75, 3.05) is 13.2 Å². The molecule has 0 fully saturated rings. The van der Waals surface area contributed by atoms with E-state index in [0.717, 1.165) is 11.3 Å². The third-order valence-corrected chi connectivity index (χ3v) is 4.04. The molecule has 17 heavy (non-hydrogen) atoms. The molecule has 1 rings (SSSR count). The summed E-state index contributed by atoms with van der Waals surface area (Å²) in [4.78, 5) is 1.09. The fraction of sp³-hybridized carbons (Fsp3) is 0.538. The van der Waals surface area contributed by atoms with Gasteiger partial charge in [-0.1, -0.05) is 26.0 Å². The van der Waals surface area contributed by atoms with Gasteiger partial charge >= 0.3 is 0 Å². The number of aliphatic hydroxyl groups excluding tert-OH is 2. The molecule has 3 nitrogen and oxygen atoms in total. The summed E-state index contributed by atoms with van der Waals surface area (Å²) in [5.41, 5.74) is 0.703. The second kappa shape index (κ2) is 7.01. The Morgan fingerprint density at radius 2 is 1.71 bits per heavy atom. The lowest BCUT2D eigenvalue weighted by atomic mass is 10.0. The Kier molecular flexibility index (Phi) is 5.98. The van der Waals surface area contributed by atoms with Crippen molar-refractivity contribution in [3.63, 3.8) is 0 Å². The number of rotatable bonds is 7. The molecule has 0 unspecified atom stereocenters. The Labute approximate surface area is 107 Å². The van der Waals surface area contributed by atoms with E-state index in [1.165, 1.54) is 17.5 Å². The molecular weight excluding hydrogens is 234 g/mol. The molecule has 0 atom stereocenters. The van der Waals surface area contributed by atoms with E-state index in [2.05, 4.69) is 23.8 Å². The normalized spacial score (nSPS) is 11.8. The quantitative estimate of drug-likeness (QED) is 0.652. The summed E-state index contributed by atoms with van der Waals surface area (Å²) in [5.74, 6) is 0. The van der Waals surface area contributed by atoms with Gasteiger partial charge in [0.1, 0.15) is 0 Å². The predicted octanol–water partition coefficient (Wildman–Crippen LogP) is 1.98. The number of hydrogen-bond donors (Lipinski definition) is 3. The monoisotopic (exact) mass is 255 g/mol. The van der Waals surface area contributed by atoms with Gasteiger partial charge in [-0.2, -0.15) is 0 Å². The summed E-state index contributed by atoms with van der Waals surface area (Å²) in [7, 11) is 0. The molecule has 1 aromatic carbocycles. The van der Waals surface area contributed by atoms with Crippen molar-refractivity contribution in [2.45, 2.75) is 37.1 Å². The first-order valence-corrected chi connectivity index (χ1v) is 6.76. The first-order valence-electron chi connectivity index (χ1n) is 5.94. The third kappa shape index (κ3) is 4.00. The maximum absolute atomic E-state index is 9.30. The molecule has 1 aromatic rings. The first kappa shape index (κ1) is 14.5. The Bertz CT molecular complexity index is 314. The molecule has 0 bridgehead atoms. The SMILES string of the molecule is CCc1ccc(SNC(CC)(CO)CO)cc1. The van der Waals surface area contributed by atoms with Crippen molar-refractivity contribution in [3.05, 3.63) is 29.8 Å². The van der Waals surface area contributed by atoms with Crippen LogP contribution in [0, 0.1) is 0 Å². The van der Waals surface area contributed by atoms with Gasteiger partial charge in [0.05, 0.1) is 18.8 Å². The van der Waals surface area contributed by atoms with Crippen LogP contribution in [-0.2, 0) is 6.42 Å². The average molecular weight is 255 g/mol. The predicted molar refractivity (Wildman–Crippen MR) is 72.0 cm³/mol. The van der Waals surface area contributed by atoms with Crippen LogP contribution in [0.5, 0.6) is 0 Å². The maximum atomic E-state index is 9.30. The fourth-order valence-corrected chi connectivity index (χ4v) is 2.25. The molecule has 0 saturated heterocycles. The van der Waals surface area contributed by atoms with Gasteiger partial charge in [0.2, 0.25) is 0 Å². The van der Waals surface area contributed by atoms with Crippen LogP contribution in [0.3, 0.4) is 0 Å². The van der Waals surface area contributed by atoms with Crippen LogP contribution in [0.2, 0.25) is 0 Å². The minimum Gasteiger partial charge on any atom is -0.394 e. The van der Waals surface area contributed by atoms with Crippen LogP contribution in [0.15, 0.2) is 29.2 Å². The van der Waals surface area contributed by atoms with Gasteiger partial charge in [0.25, 0.3) is 0 Å². The zero-order valence-corrected chi connectivity index (χ0v) is 11.3. The Hall–Kier alpha value is -0.550. The van der Waals surface area contributed by atoms with Crippen LogP contribution in [0.25, 0.3) is 0 Å². The number of nitrogens with one attached hydrogen (secondary N) is 1. The second-order valence-corrected chi connectivity index (χ2v) is 5.03. The summed E-state index contributed by atoms with van der Waals surface area (Å²) in [6, 6.07) is 8.28. The largest absolute Gasteiger partial charge is 0.394 e. The standard InChI is InChI=1S/C13H21NO2S/c1-3-11-5-7-12(8-6-11)17-14-13(4-2,9-15)10-16/h5-8,14-16H,3-4,9-10H2,1-2H3. The molecule has 0 aliphatic heterocycles. The molecular formula is C13H21NO2S. The number of benzene rings is 1. The summed E-state index contributed by atoms with van der Waals surface area (Å²) in [5, 5.41) is 18.6. The van der Waals surface area contributed by atoms with E-state index in [-0.39, 0.29) is 13.2 Å². The molecule has 4 heteroatoms. The lowest BCUT2D eigenvalue weighted by Gasteiger charge is -2.28. The molecule has 0 amide bonds. The highest BCUT2D eigenvalue weighted by Gasteiger charge is 2.26. The van der Waals surface area contributed by atoms with Gasteiger partial charge in [-0.15, -0.1) is 0 Å². The lowest BCUT2D eigenvalue weighted by molar-refractivity contribution is 0.108. The first-order chi connectivity index (χ1) is 8.19. The minimum atomic E-state index is -0.603. The van der Waals surface area contributed by atoms with Gasteiger partial charge in [-0.05, 0) is 42.5 Å². The van der Waals surface area contributed by atoms with E-state index in [0.29, 0.717) is 6.42 Å². The Morgan fingerprint density at radius 1 is 1.12 bits per heavy atom. The van der Waals surface area contributed by atoms with Crippen LogP contribution in [0.4, 0.5) is 0 Å². The zero-order chi connectivity index (χ0) is 12.7. The van der Waals surface area contributed by atoms with Gasteiger partial charge in [-0.3, -0.25) is 0 Å². The molecule has 3 N–H and O–H groups in total. The van der Waals surface area contributed by atoms with Crippen molar-refractivity contribution in [3.8, 4) is 0 Å². The van der Waals surface area contributed by atoms with E-state index < -0.39 is 5.54 Å². The number of aryl methyl sites for hydroxylation is 1. The lowest BCUT2D eigenvalue weighted by Crippen LogP contribution is -2.47. The highest BCUT2D eigenvalue weighted by molar-refractivity contribution is 7.97. The molecule has 0 radical (unpaired) electrons. The molecule has 0 aromatic heterocycles. The van der Waals surface area contributed by atoms with Crippen molar-refractivity contribution < 1.29 is 10.2 Å². The molecule has 0 aliphatic carbocycles. The maximum Gasteiger partial charge on any atom is 0.0743 e. The van der Waals surface area contributed by atoms with E-state index in [4.69, 9.17) is 0 Å². The minimum absolute atomic E-state index is 0.0694. The smallest absolute Gasteiger partial charge is 0.0743 e. The van der Waals surface area contributed by atoms with Crippen LogP contribution in [-0.4, -0.2) is 29.0 Å². The van der Waals surface area contributed by atoms with E-state index in [9.17, 15) is 10.2 Å². The molecule has 96 valence electrons. The van der Waals surface area contributed by atoms with Crippen molar-refractivity contribution in [1.29, 1.82) is 0 Å². The van der Waals surface area contributed by atoms with E-state index in [1.807, 2.05) is 19.1 Å². The summed E-state index contributed by atoms with van der Waals surface area (Å²) < 4.78 is 3.15. The highest BCUT2D eigenvalue weighted by atomic mass is 32.2. The second-order valence-electron chi connectivity index (χ2n) is 4.15. The summed E-state index contributed by atoms with van der Waals surface area (Å²) in [6.07, 6.45) is 1.71. The Morgan fingerprint density at radius 3 is 2.12 bits per heavy atom. The van der Waals surface area contributed by atoms with E-state index >= 15 is 0 Å². The van der Waals surface area contributed by atoms with E-state index in [1.54, 1.807) is 0 Å². The molecule has 0 saturated carbocycles. The summed E-state index contributed by atoms with van der Waals surface area (Å²) >= 11 is 1.45. The summed E-state index contributed by atoms with van der Waals surface area (Å²) in [6.45, 7) is 3.93.